The highest BCUT2D eigenvalue weighted by atomic mass is 19.1. The molecule has 1 amide bonds. The number of amides is 1. The molecule has 7 heteroatoms. The predicted octanol–water partition coefficient (Wildman–Crippen LogP) is 7.13. The second-order valence-electron chi connectivity index (χ2n) is 10.5. The van der Waals surface area contributed by atoms with Crippen LogP contribution in [-0.4, -0.2) is 22.6 Å². The van der Waals surface area contributed by atoms with Gasteiger partial charge in [-0.25, -0.2) is 13.6 Å². The summed E-state index contributed by atoms with van der Waals surface area (Å²) in [5, 5.41) is 10.9. The van der Waals surface area contributed by atoms with Gasteiger partial charge < -0.3 is 14.7 Å². The molecule has 208 valence electrons. The number of rotatable bonds is 8. The summed E-state index contributed by atoms with van der Waals surface area (Å²) in [4.78, 5) is 27.6. The van der Waals surface area contributed by atoms with E-state index in [1.165, 1.54) is 24.3 Å². The van der Waals surface area contributed by atoms with E-state index in [1.807, 2.05) is 12.1 Å². The Hall–Kier alpha value is -4.62. The molecule has 4 aromatic carbocycles. The first kappa shape index (κ1) is 27.9. The average Bonchev–Trinajstić information content (AvgIpc) is 2.96. The van der Waals surface area contributed by atoms with Crippen LogP contribution in [-0.2, 0) is 4.79 Å². The largest absolute Gasteiger partial charge is 0.423 e. The number of ether oxygens (including phenoxy) is 1. The maximum atomic E-state index is 13.6. The molecule has 2 atom stereocenters. The van der Waals surface area contributed by atoms with E-state index in [0.717, 1.165) is 5.56 Å². The summed E-state index contributed by atoms with van der Waals surface area (Å²) in [5.41, 5.74) is 1.79. The molecule has 0 aromatic heterocycles. The van der Waals surface area contributed by atoms with Crippen molar-refractivity contribution in [3.8, 4) is 5.75 Å². The third-order valence-corrected chi connectivity index (χ3v) is 7.15. The molecular weight excluding hydrogens is 524 g/mol. The number of nitrogens with zero attached hydrogens (tertiary/aromatic N) is 1. The molecular formula is C34H29F2NO4. The van der Waals surface area contributed by atoms with Crippen LogP contribution in [0.2, 0.25) is 0 Å². The van der Waals surface area contributed by atoms with Crippen LogP contribution in [0.25, 0.3) is 5.57 Å². The molecule has 1 aliphatic heterocycles. The first-order valence-corrected chi connectivity index (χ1v) is 13.3. The molecule has 41 heavy (non-hydrogen) atoms. The van der Waals surface area contributed by atoms with Crippen molar-refractivity contribution in [2.24, 2.45) is 5.92 Å². The van der Waals surface area contributed by atoms with Gasteiger partial charge in [-0.05, 0) is 97.6 Å². The number of hydrogen-bond donors (Lipinski definition) is 1. The first-order chi connectivity index (χ1) is 19.6. The lowest BCUT2D eigenvalue weighted by Crippen LogP contribution is -2.55. The van der Waals surface area contributed by atoms with Gasteiger partial charge in [-0.2, -0.15) is 0 Å². The molecule has 1 heterocycles. The molecule has 1 saturated heterocycles. The molecule has 0 bridgehead atoms. The number of carbonyl (C=O) groups excluding carboxylic acids is 2. The van der Waals surface area contributed by atoms with Crippen LogP contribution < -0.4 is 9.64 Å². The maximum Gasteiger partial charge on any atom is 0.343 e. The van der Waals surface area contributed by atoms with E-state index < -0.39 is 23.3 Å². The van der Waals surface area contributed by atoms with Crippen molar-refractivity contribution in [1.82, 2.24) is 0 Å². The third-order valence-electron chi connectivity index (χ3n) is 7.15. The Morgan fingerprint density at radius 1 is 0.854 bits per heavy atom. The van der Waals surface area contributed by atoms with Crippen LogP contribution in [0, 0.1) is 17.6 Å². The number of aliphatic hydroxyl groups is 1. The normalized spacial score (nSPS) is 17.2. The van der Waals surface area contributed by atoms with Crippen LogP contribution in [0.5, 0.6) is 5.75 Å². The highest BCUT2D eigenvalue weighted by Crippen LogP contribution is 2.46. The Kier molecular flexibility index (Phi) is 7.81. The summed E-state index contributed by atoms with van der Waals surface area (Å²) in [6, 6.07) is 26.8. The summed E-state index contributed by atoms with van der Waals surface area (Å²) < 4.78 is 32.7. The lowest BCUT2D eigenvalue weighted by atomic mass is 9.78. The van der Waals surface area contributed by atoms with Gasteiger partial charge in [0.2, 0.25) is 5.91 Å². The van der Waals surface area contributed by atoms with Crippen LogP contribution >= 0.6 is 0 Å². The molecule has 0 radical (unpaired) electrons. The molecule has 0 spiro atoms. The van der Waals surface area contributed by atoms with Crippen LogP contribution in [0.3, 0.4) is 0 Å². The van der Waals surface area contributed by atoms with Gasteiger partial charge in [-0.1, -0.05) is 48.5 Å². The highest BCUT2D eigenvalue weighted by molar-refractivity contribution is 6.03. The minimum atomic E-state index is -1.24. The van der Waals surface area contributed by atoms with Crippen LogP contribution in [0.4, 0.5) is 14.5 Å². The Balaban J connectivity index is 1.43. The Bertz CT molecular complexity index is 1560. The summed E-state index contributed by atoms with van der Waals surface area (Å²) in [5.74, 6) is -1.53. The van der Waals surface area contributed by atoms with E-state index >= 15 is 0 Å². The molecule has 1 aliphatic rings. The number of benzene rings is 4. The summed E-state index contributed by atoms with van der Waals surface area (Å²) >= 11 is 0. The SMILES string of the molecule is CC(C)(O)/C(=C\C[C@H]1C(=O)N(c2ccc(F)cc2)[C@@H]1c1ccc(OC(=O)c2ccccc2)cc1)c1ccc(F)cc1. The second-order valence-corrected chi connectivity index (χ2v) is 10.5. The molecule has 5 rings (SSSR count). The fourth-order valence-corrected chi connectivity index (χ4v) is 5.12. The Morgan fingerprint density at radius 2 is 1.44 bits per heavy atom. The van der Waals surface area contributed by atoms with E-state index in [4.69, 9.17) is 4.74 Å². The maximum absolute atomic E-state index is 13.6. The molecule has 0 aliphatic carbocycles. The molecule has 0 unspecified atom stereocenters. The summed E-state index contributed by atoms with van der Waals surface area (Å²) in [6.45, 7) is 3.28. The van der Waals surface area contributed by atoms with Gasteiger partial charge in [0.25, 0.3) is 0 Å². The first-order valence-electron chi connectivity index (χ1n) is 13.3. The van der Waals surface area contributed by atoms with Gasteiger partial charge in [-0.15, -0.1) is 0 Å². The Labute approximate surface area is 237 Å². The Morgan fingerprint density at radius 3 is 2.02 bits per heavy atom. The van der Waals surface area contributed by atoms with Gasteiger partial charge >= 0.3 is 5.97 Å². The van der Waals surface area contributed by atoms with Crippen molar-refractivity contribution >= 4 is 23.1 Å². The monoisotopic (exact) mass is 553 g/mol. The van der Waals surface area contributed by atoms with Crippen LogP contribution in [0.1, 0.15) is 47.8 Å². The molecule has 1 fully saturated rings. The molecule has 5 nitrogen and oxygen atoms in total. The quantitative estimate of drug-likeness (QED) is 0.143. The number of carbonyl (C=O) groups is 2. The second kappa shape index (κ2) is 11.5. The standard InChI is InChI=1S/C34H29F2NO4/c1-34(2,40)30(22-8-12-25(35)13-9-22)21-20-29-31(37(32(29)38)27-16-14-26(36)15-17-27)23-10-18-28(19-11-23)41-33(39)24-6-4-3-5-7-24/h3-19,21,29,31,40H,20H2,1-2H3/b30-21-/t29-,31-/m1/s1. The lowest BCUT2D eigenvalue weighted by Gasteiger charge is -2.47. The average molecular weight is 554 g/mol. The third kappa shape index (κ3) is 6.10. The summed E-state index contributed by atoms with van der Waals surface area (Å²) in [7, 11) is 0. The number of esters is 1. The van der Waals surface area contributed by atoms with Gasteiger partial charge in [-0.3, -0.25) is 4.79 Å². The van der Waals surface area contributed by atoms with Crippen molar-refractivity contribution in [2.45, 2.75) is 31.9 Å². The smallest absolute Gasteiger partial charge is 0.343 e. The van der Waals surface area contributed by atoms with E-state index in [0.29, 0.717) is 34.6 Å². The zero-order valence-electron chi connectivity index (χ0n) is 22.6. The number of anilines is 1. The van der Waals surface area contributed by atoms with Crippen LogP contribution in [0.15, 0.2) is 109 Å². The van der Waals surface area contributed by atoms with E-state index in [-0.39, 0.29) is 17.8 Å². The van der Waals surface area contributed by atoms with Gasteiger partial charge in [0.1, 0.15) is 17.4 Å². The number of allylic oxidation sites excluding steroid dienone is 1. The fraction of sp³-hybridized carbons (Fsp3) is 0.176. The predicted molar refractivity (Wildman–Crippen MR) is 153 cm³/mol. The van der Waals surface area contributed by atoms with E-state index in [1.54, 1.807) is 91.5 Å². The lowest BCUT2D eigenvalue weighted by molar-refractivity contribution is -0.130. The highest BCUT2D eigenvalue weighted by Gasteiger charge is 2.48. The number of β-lactam (4-membered cyclic amide) rings is 1. The van der Waals surface area contributed by atoms with Gasteiger partial charge in [0.05, 0.1) is 23.1 Å². The zero-order valence-corrected chi connectivity index (χ0v) is 22.6. The van der Waals surface area contributed by atoms with Crippen molar-refractivity contribution < 1.29 is 28.2 Å². The van der Waals surface area contributed by atoms with Gasteiger partial charge in [0, 0.05) is 5.69 Å². The minimum Gasteiger partial charge on any atom is -0.423 e. The number of halogens is 2. The zero-order chi connectivity index (χ0) is 29.1. The number of hydrogen-bond acceptors (Lipinski definition) is 4. The molecule has 0 saturated carbocycles. The van der Waals surface area contributed by atoms with Crippen molar-refractivity contribution in [2.75, 3.05) is 4.90 Å². The van der Waals surface area contributed by atoms with Crippen molar-refractivity contribution in [3.63, 3.8) is 0 Å². The van der Waals surface area contributed by atoms with Gasteiger partial charge in [0.15, 0.2) is 0 Å². The van der Waals surface area contributed by atoms with Crippen molar-refractivity contribution in [1.29, 1.82) is 0 Å². The van der Waals surface area contributed by atoms with Crippen molar-refractivity contribution in [3.05, 3.63) is 138 Å². The van der Waals surface area contributed by atoms with E-state index in [9.17, 15) is 23.5 Å². The fourth-order valence-electron chi connectivity index (χ4n) is 5.12. The summed E-state index contributed by atoms with van der Waals surface area (Å²) in [6.07, 6.45) is 2.13. The minimum absolute atomic E-state index is 0.147. The van der Waals surface area contributed by atoms with E-state index in [2.05, 4.69) is 0 Å². The molecule has 1 N–H and O–H groups in total. The topological polar surface area (TPSA) is 66.8 Å². The molecule has 4 aromatic rings.